The van der Waals surface area contributed by atoms with Gasteiger partial charge in [0.25, 0.3) is 0 Å². The second-order valence-corrected chi connectivity index (χ2v) is 8.56. The topological polar surface area (TPSA) is 46.6 Å². The minimum absolute atomic E-state index is 0.136. The normalized spacial score (nSPS) is 23.4. The highest BCUT2D eigenvalue weighted by Crippen LogP contribution is 2.42. The Labute approximate surface area is 168 Å². The molecule has 1 aliphatic heterocycles. The fraction of sp³-hybridized carbons (Fsp3) is 0.652. The molecule has 1 heterocycles. The van der Waals surface area contributed by atoms with Gasteiger partial charge in [-0.25, -0.2) is 4.39 Å². The lowest BCUT2D eigenvalue weighted by molar-refractivity contribution is -0.135. The summed E-state index contributed by atoms with van der Waals surface area (Å²) < 4.78 is 19.6. The summed E-state index contributed by atoms with van der Waals surface area (Å²) in [5.74, 6) is -1.26. The molecule has 3 atom stereocenters. The van der Waals surface area contributed by atoms with E-state index >= 15 is 0 Å². The summed E-state index contributed by atoms with van der Waals surface area (Å²) >= 11 is 0. The van der Waals surface area contributed by atoms with E-state index in [0.29, 0.717) is 31.8 Å². The second-order valence-electron chi connectivity index (χ2n) is 8.56. The number of carbonyl (C=O) groups is 2. The maximum atomic E-state index is 14.4. The number of likely N-dealkylation sites (tertiary alicyclic amines) is 1. The van der Waals surface area contributed by atoms with E-state index in [1.807, 2.05) is 33.8 Å². The Morgan fingerprint density at radius 3 is 2.11 bits per heavy atom. The highest BCUT2D eigenvalue weighted by molar-refractivity contribution is 5.88. The van der Waals surface area contributed by atoms with Crippen LogP contribution in [0.1, 0.15) is 44.7 Å². The summed E-state index contributed by atoms with van der Waals surface area (Å²) in [6.07, 6.45) is 0. The lowest BCUT2D eigenvalue weighted by Crippen LogP contribution is -2.52. The molecule has 0 amide bonds. The molecular weight excluding hydrogens is 357 g/mol. The van der Waals surface area contributed by atoms with E-state index in [4.69, 9.17) is 4.74 Å². The van der Waals surface area contributed by atoms with Gasteiger partial charge in [-0.2, -0.15) is 0 Å². The molecule has 0 radical (unpaired) electrons. The predicted molar refractivity (Wildman–Crippen MR) is 109 cm³/mol. The van der Waals surface area contributed by atoms with Crippen LogP contribution in [0.3, 0.4) is 0 Å². The molecule has 1 unspecified atom stereocenters. The van der Waals surface area contributed by atoms with Gasteiger partial charge < -0.3 is 4.74 Å². The van der Waals surface area contributed by atoms with Crippen LogP contribution in [0.25, 0.3) is 0 Å². The van der Waals surface area contributed by atoms with Crippen LogP contribution >= 0.6 is 0 Å². The molecule has 0 saturated carbocycles. The number of Topliss-reactive ketones (excluding diaryl/α,β-unsaturated/α-hetero) is 2. The van der Waals surface area contributed by atoms with Crippen LogP contribution in [-0.2, 0) is 14.3 Å². The summed E-state index contributed by atoms with van der Waals surface area (Å²) in [4.78, 5) is 28.5. The van der Waals surface area contributed by atoms with Gasteiger partial charge in [-0.3, -0.25) is 14.5 Å². The number of piperidine rings is 1. The van der Waals surface area contributed by atoms with Crippen molar-refractivity contribution in [3.05, 3.63) is 35.1 Å². The molecule has 2 rings (SSSR count). The van der Waals surface area contributed by atoms with Gasteiger partial charge in [0.2, 0.25) is 0 Å². The van der Waals surface area contributed by atoms with Crippen LogP contribution in [0.5, 0.6) is 0 Å². The van der Waals surface area contributed by atoms with E-state index in [9.17, 15) is 14.0 Å². The van der Waals surface area contributed by atoms with Crippen molar-refractivity contribution in [1.82, 2.24) is 4.90 Å². The van der Waals surface area contributed by atoms with Crippen LogP contribution in [0, 0.1) is 36.4 Å². The zero-order valence-electron chi connectivity index (χ0n) is 18.0. The van der Waals surface area contributed by atoms with Crippen molar-refractivity contribution in [3.63, 3.8) is 0 Å². The lowest BCUT2D eigenvalue weighted by atomic mass is 9.67. The van der Waals surface area contributed by atoms with Crippen LogP contribution in [0.15, 0.2) is 18.2 Å². The standard InChI is InChI=1S/C23H34FNO3/c1-14(2)22(26)18-12-25(10-11-28-6)13-19(23(27)15(3)4)21(18)17-8-7-9-20(24)16(17)5/h7-9,14-15,18-19,21H,10-13H2,1-6H3/t18-,19+,21?. The number of methoxy groups -OCH3 is 1. The number of hydrogen-bond acceptors (Lipinski definition) is 4. The minimum atomic E-state index is -0.334. The SMILES string of the molecule is COCCN1C[C@H](C(=O)C(C)C)C(c2cccc(F)c2C)[C@H](C(=O)C(C)C)C1. The predicted octanol–water partition coefficient (Wildman–Crippen LogP) is 3.86. The molecule has 1 aromatic carbocycles. The first-order valence-electron chi connectivity index (χ1n) is 10.2. The number of hydrogen-bond donors (Lipinski definition) is 0. The molecule has 28 heavy (non-hydrogen) atoms. The van der Waals surface area contributed by atoms with Gasteiger partial charge in [-0.15, -0.1) is 0 Å². The Morgan fingerprint density at radius 2 is 1.64 bits per heavy atom. The summed E-state index contributed by atoms with van der Waals surface area (Å²) in [5, 5.41) is 0. The molecule has 5 heteroatoms. The number of halogens is 1. The summed E-state index contributed by atoms with van der Waals surface area (Å²) in [6.45, 7) is 11.7. The number of ketones is 2. The Bertz CT molecular complexity index is 671. The highest BCUT2D eigenvalue weighted by atomic mass is 19.1. The van der Waals surface area contributed by atoms with Gasteiger partial charge in [0, 0.05) is 56.3 Å². The Kier molecular flexibility index (Phi) is 7.90. The first-order chi connectivity index (χ1) is 13.2. The molecule has 1 aromatic rings. The van der Waals surface area contributed by atoms with Crippen molar-refractivity contribution in [1.29, 1.82) is 0 Å². The van der Waals surface area contributed by atoms with Gasteiger partial charge in [0.05, 0.1) is 6.61 Å². The first-order valence-corrected chi connectivity index (χ1v) is 10.2. The molecule has 1 aliphatic rings. The summed E-state index contributed by atoms with van der Waals surface area (Å²) in [5.41, 5.74) is 1.34. The second kappa shape index (κ2) is 9.75. The van der Waals surface area contributed by atoms with E-state index < -0.39 is 0 Å². The summed E-state index contributed by atoms with van der Waals surface area (Å²) in [7, 11) is 1.65. The average molecular weight is 392 g/mol. The Morgan fingerprint density at radius 1 is 1.11 bits per heavy atom. The van der Waals surface area contributed by atoms with E-state index in [1.54, 1.807) is 20.1 Å². The zero-order valence-corrected chi connectivity index (χ0v) is 18.0. The number of ether oxygens (including phenoxy) is 1. The van der Waals surface area contributed by atoms with Crippen LogP contribution in [-0.4, -0.2) is 49.8 Å². The Balaban J connectivity index is 2.55. The van der Waals surface area contributed by atoms with Crippen LogP contribution < -0.4 is 0 Å². The van der Waals surface area contributed by atoms with Crippen molar-refractivity contribution in [2.45, 2.75) is 40.5 Å². The van der Waals surface area contributed by atoms with Crippen molar-refractivity contribution < 1.29 is 18.7 Å². The average Bonchev–Trinajstić information content (AvgIpc) is 2.66. The third-order valence-electron chi connectivity index (χ3n) is 5.93. The fourth-order valence-corrected chi connectivity index (χ4v) is 4.35. The number of carbonyl (C=O) groups excluding carboxylic acids is 2. The van der Waals surface area contributed by atoms with E-state index in [2.05, 4.69) is 4.90 Å². The monoisotopic (exact) mass is 391 g/mol. The molecular formula is C23H34FNO3. The molecule has 1 saturated heterocycles. The van der Waals surface area contributed by atoms with Gasteiger partial charge in [-0.05, 0) is 24.1 Å². The molecule has 1 fully saturated rings. The highest BCUT2D eigenvalue weighted by Gasteiger charge is 2.45. The van der Waals surface area contributed by atoms with E-state index in [-0.39, 0.29) is 47.0 Å². The smallest absolute Gasteiger partial charge is 0.140 e. The van der Waals surface area contributed by atoms with Crippen molar-refractivity contribution in [2.24, 2.45) is 23.7 Å². The maximum absolute atomic E-state index is 14.4. The lowest BCUT2D eigenvalue weighted by Gasteiger charge is -2.44. The van der Waals surface area contributed by atoms with Crippen LogP contribution in [0.2, 0.25) is 0 Å². The molecule has 156 valence electrons. The zero-order chi connectivity index (χ0) is 21.0. The molecule has 0 spiro atoms. The van der Waals surface area contributed by atoms with Crippen molar-refractivity contribution in [3.8, 4) is 0 Å². The van der Waals surface area contributed by atoms with Crippen molar-refractivity contribution >= 4 is 11.6 Å². The van der Waals surface area contributed by atoms with E-state index in [0.717, 1.165) is 5.56 Å². The van der Waals surface area contributed by atoms with Crippen LogP contribution in [0.4, 0.5) is 4.39 Å². The van der Waals surface area contributed by atoms with Gasteiger partial charge >= 0.3 is 0 Å². The quantitative estimate of drug-likeness (QED) is 0.675. The third kappa shape index (κ3) is 4.87. The maximum Gasteiger partial charge on any atom is 0.140 e. The van der Waals surface area contributed by atoms with Crippen molar-refractivity contribution in [2.75, 3.05) is 33.4 Å². The first kappa shape index (κ1) is 22.7. The number of benzene rings is 1. The summed E-state index contributed by atoms with van der Waals surface area (Å²) in [6, 6.07) is 5.00. The van der Waals surface area contributed by atoms with Gasteiger partial charge in [0.1, 0.15) is 17.4 Å². The molecule has 0 N–H and O–H groups in total. The molecule has 0 aromatic heterocycles. The molecule has 0 bridgehead atoms. The largest absolute Gasteiger partial charge is 0.383 e. The Hall–Kier alpha value is -1.59. The van der Waals surface area contributed by atoms with E-state index in [1.165, 1.54) is 6.07 Å². The van der Waals surface area contributed by atoms with Gasteiger partial charge in [0.15, 0.2) is 0 Å². The molecule has 0 aliphatic carbocycles. The fourth-order valence-electron chi connectivity index (χ4n) is 4.35. The number of rotatable bonds is 8. The van der Waals surface area contributed by atoms with Gasteiger partial charge in [-0.1, -0.05) is 39.8 Å². The number of nitrogens with zero attached hydrogens (tertiary/aromatic N) is 1. The molecule has 4 nitrogen and oxygen atoms in total. The third-order valence-corrected chi connectivity index (χ3v) is 5.93. The minimum Gasteiger partial charge on any atom is -0.383 e.